The van der Waals surface area contributed by atoms with E-state index in [0.717, 1.165) is 32.5 Å². The van der Waals surface area contributed by atoms with Crippen LogP contribution in [0.15, 0.2) is 24.4 Å². The van der Waals surface area contributed by atoms with Crippen molar-refractivity contribution in [2.24, 2.45) is 5.73 Å². The van der Waals surface area contributed by atoms with E-state index in [1.54, 1.807) is 0 Å². The van der Waals surface area contributed by atoms with Crippen molar-refractivity contribution in [1.82, 2.24) is 9.88 Å². The van der Waals surface area contributed by atoms with E-state index in [2.05, 4.69) is 22.0 Å². The first-order chi connectivity index (χ1) is 8.25. The molecular weight excluding hydrogens is 214 g/mol. The molecule has 0 aromatic carbocycles. The number of pyridine rings is 1. The zero-order valence-corrected chi connectivity index (χ0v) is 10.1. The molecule has 1 saturated heterocycles. The number of rotatable bonds is 4. The van der Waals surface area contributed by atoms with Crippen LogP contribution in [0, 0.1) is 0 Å². The first-order valence-corrected chi connectivity index (χ1v) is 6.32. The summed E-state index contributed by atoms with van der Waals surface area (Å²) in [4.78, 5) is 6.79. The molecule has 0 amide bonds. The molecule has 0 aliphatic carbocycles. The third kappa shape index (κ3) is 3.77. The lowest BCUT2D eigenvalue weighted by Gasteiger charge is -2.31. The zero-order chi connectivity index (χ0) is 12.1. The van der Waals surface area contributed by atoms with Gasteiger partial charge in [0.15, 0.2) is 0 Å². The molecule has 1 fully saturated rings. The van der Waals surface area contributed by atoms with Gasteiger partial charge in [-0.1, -0.05) is 6.07 Å². The molecule has 17 heavy (non-hydrogen) atoms. The molecule has 1 aliphatic heterocycles. The Bertz CT molecular complexity index is 321. The number of piperidine rings is 1. The molecular formula is C13H21N3O. The summed E-state index contributed by atoms with van der Waals surface area (Å²) in [5.74, 6) is 0.593. The van der Waals surface area contributed by atoms with E-state index in [0.29, 0.717) is 12.3 Å². The third-order valence-corrected chi connectivity index (χ3v) is 3.43. The molecule has 2 heterocycles. The summed E-state index contributed by atoms with van der Waals surface area (Å²) >= 11 is 0. The predicted octanol–water partition coefficient (Wildman–Crippen LogP) is 0.928. The molecule has 4 heteroatoms. The smallest absolute Gasteiger partial charge is 0.103 e. The standard InChI is InChI=1S/C13H21N3O/c14-13(17)6-10-16-8-4-11(5-9-16)12-3-1-2-7-15-12/h1-3,7,11,13,17H,4-6,8-10,14H2. The summed E-state index contributed by atoms with van der Waals surface area (Å²) in [5.41, 5.74) is 6.56. The van der Waals surface area contributed by atoms with Crippen LogP contribution in [-0.2, 0) is 0 Å². The van der Waals surface area contributed by atoms with Crippen LogP contribution in [0.5, 0.6) is 0 Å². The summed E-state index contributed by atoms with van der Waals surface area (Å²) in [5, 5.41) is 9.05. The molecule has 1 aromatic heterocycles. The third-order valence-electron chi connectivity index (χ3n) is 3.43. The maximum atomic E-state index is 9.05. The van der Waals surface area contributed by atoms with Crippen molar-refractivity contribution in [1.29, 1.82) is 0 Å². The van der Waals surface area contributed by atoms with Crippen LogP contribution in [0.3, 0.4) is 0 Å². The summed E-state index contributed by atoms with van der Waals surface area (Å²) in [7, 11) is 0. The number of hydrogen-bond acceptors (Lipinski definition) is 4. The Morgan fingerprint density at radius 2 is 2.18 bits per heavy atom. The fourth-order valence-electron chi connectivity index (χ4n) is 2.38. The lowest BCUT2D eigenvalue weighted by molar-refractivity contribution is 0.134. The van der Waals surface area contributed by atoms with Crippen LogP contribution in [0.25, 0.3) is 0 Å². The topological polar surface area (TPSA) is 62.4 Å². The van der Waals surface area contributed by atoms with Gasteiger partial charge in [0.1, 0.15) is 6.23 Å². The molecule has 1 atom stereocenters. The van der Waals surface area contributed by atoms with E-state index >= 15 is 0 Å². The predicted molar refractivity (Wildman–Crippen MR) is 67.5 cm³/mol. The van der Waals surface area contributed by atoms with Crippen LogP contribution >= 0.6 is 0 Å². The van der Waals surface area contributed by atoms with Gasteiger partial charge in [0.05, 0.1) is 0 Å². The largest absolute Gasteiger partial charge is 0.379 e. The van der Waals surface area contributed by atoms with Crippen LogP contribution < -0.4 is 5.73 Å². The Morgan fingerprint density at radius 3 is 2.76 bits per heavy atom. The first-order valence-electron chi connectivity index (χ1n) is 6.32. The maximum Gasteiger partial charge on any atom is 0.103 e. The summed E-state index contributed by atoms with van der Waals surface area (Å²) in [6.45, 7) is 3.05. The van der Waals surface area contributed by atoms with Crippen molar-refractivity contribution in [2.75, 3.05) is 19.6 Å². The second-order valence-corrected chi connectivity index (χ2v) is 4.73. The second-order valence-electron chi connectivity index (χ2n) is 4.73. The Kier molecular flexibility index (Phi) is 4.48. The molecule has 1 unspecified atom stereocenters. The van der Waals surface area contributed by atoms with E-state index in [-0.39, 0.29) is 0 Å². The number of aliphatic hydroxyl groups excluding tert-OH is 1. The van der Waals surface area contributed by atoms with Crippen molar-refractivity contribution in [3.63, 3.8) is 0 Å². The fourth-order valence-corrected chi connectivity index (χ4v) is 2.38. The normalized spacial score (nSPS) is 20.4. The van der Waals surface area contributed by atoms with Gasteiger partial charge in [0.2, 0.25) is 0 Å². The Morgan fingerprint density at radius 1 is 1.41 bits per heavy atom. The zero-order valence-electron chi connectivity index (χ0n) is 10.1. The molecule has 0 saturated carbocycles. The van der Waals surface area contributed by atoms with Gasteiger partial charge >= 0.3 is 0 Å². The van der Waals surface area contributed by atoms with Crippen LogP contribution in [0.1, 0.15) is 30.9 Å². The number of aromatic nitrogens is 1. The molecule has 1 aliphatic rings. The van der Waals surface area contributed by atoms with Crippen molar-refractivity contribution < 1.29 is 5.11 Å². The average molecular weight is 235 g/mol. The van der Waals surface area contributed by atoms with E-state index in [4.69, 9.17) is 10.8 Å². The summed E-state index contributed by atoms with van der Waals surface area (Å²) < 4.78 is 0. The molecule has 2 rings (SSSR count). The van der Waals surface area contributed by atoms with Gasteiger partial charge in [-0.25, -0.2) is 0 Å². The van der Waals surface area contributed by atoms with Gasteiger partial charge < -0.3 is 15.7 Å². The van der Waals surface area contributed by atoms with Gasteiger partial charge in [0, 0.05) is 24.4 Å². The van der Waals surface area contributed by atoms with E-state index < -0.39 is 6.23 Å². The Hall–Kier alpha value is -0.970. The summed E-state index contributed by atoms with van der Waals surface area (Å²) in [6.07, 6.45) is 4.15. The van der Waals surface area contributed by atoms with Gasteiger partial charge in [-0.15, -0.1) is 0 Å². The van der Waals surface area contributed by atoms with Gasteiger partial charge in [-0.05, 0) is 44.5 Å². The SMILES string of the molecule is NC(O)CCN1CCC(c2ccccn2)CC1. The van der Waals surface area contributed by atoms with E-state index in [1.807, 2.05) is 12.3 Å². The monoisotopic (exact) mass is 235 g/mol. The highest BCUT2D eigenvalue weighted by molar-refractivity contribution is 5.10. The van der Waals surface area contributed by atoms with Gasteiger partial charge in [0.25, 0.3) is 0 Å². The lowest BCUT2D eigenvalue weighted by atomic mass is 9.93. The molecule has 0 bridgehead atoms. The van der Waals surface area contributed by atoms with Crippen LogP contribution in [-0.4, -0.2) is 40.9 Å². The Balaban J connectivity index is 1.78. The second kappa shape index (κ2) is 6.10. The quantitative estimate of drug-likeness (QED) is 0.762. The molecule has 1 aromatic rings. The van der Waals surface area contributed by atoms with Crippen molar-refractivity contribution in [3.8, 4) is 0 Å². The highest BCUT2D eigenvalue weighted by atomic mass is 16.3. The average Bonchev–Trinajstić information content (AvgIpc) is 2.38. The van der Waals surface area contributed by atoms with Crippen molar-refractivity contribution in [2.45, 2.75) is 31.4 Å². The fraction of sp³-hybridized carbons (Fsp3) is 0.615. The highest BCUT2D eigenvalue weighted by Gasteiger charge is 2.21. The molecule has 0 radical (unpaired) electrons. The van der Waals surface area contributed by atoms with Crippen molar-refractivity contribution >= 4 is 0 Å². The number of aliphatic hydroxyl groups is 1. The lowest BCUT2D eigenvalue weighted by Crippen LogP contribution is -2.36. The molecule has 4 nitrogen and oxygen atoms in total. The minimum absolute atomic E-state index is 0.593. The molecule has 94 valence electrons. The summed E-state index contributed by atoms with van der Waals surface area (Å²) in [6, 6.07) is 6.13. The van der Waals surface area contributed by atoms with E-state index in [9.17, 15) is 0 Å². The number of likely N-dealkylation sites (tertiary alicyclic amines) is 1. The Labute approximate surface area is 102 Å². The van der Waals surface area contributed by atoms with Crippen molar-refractivity contribution in [3.05, 3.63) is 30.1 Å². The van der Waals surface area contributed by atoms with Crippen LogP contribution in [0.2, 0.25) is 0 Å². The maximum absolute atomic E-state index is 9.05. The minimum atomic E-state index is -0.677. The van der Waals surface area contributed by atoms with Gasteiger partial charge in [-0.2, -0.15) is 0 Å². The number of hydrogen-bond donors (Lipinski definition) is 2. The van der Waals surface area contributed by atoms with Gasteiger partial charge in [-0.3, -0.25) is 4.98 Å². The number of nitrogens with two attached hydrogens (primary N) is 1. The molecule has 3 N–H and O–H groups in total. The number of nitrogens with zero attached hydrogens (tertiary/aromatic N) is 2. The van der Waals surface area contributed by atoms with E-state index in [1.165, 1.54) is 5.69 Å². The highest BCUT2D eigenvalue weighted by Crippen LogP contribution is 2.26. The molecule has 0 spiro atoms. The minimum Gasteiger partial charge on any atom is -0.379 e. The van der Waals surface area contributed by atoms with Crippen LogP contribution in [0.4, 0.5) is 0 Å². The first kappa shape index (κ1) is 12.5.